The van der Waals surface area contributed by atoms with Crippen LogP contribution in [-0.4, -0.2) is 65.6 Å². The van der Waals surface area contributed by atoms with Crippen LogP contribution in [0.2, 0.25) is 0 Å². The highest BCUT2D eigenvalue weighted by molar-refractivity contribution is 8.04. The third-order valence-electron chi connectivity index (χ3n) is 4.52. The van der Waals surface area contributed by atoms with Gasteiger partial charge in [-0.05, 0) is 29.5 Å². The van der Waals surface area contributed by atoms with Crippen LogP contribution < -0.4 is 14.8 Å². The molecule has 1 N–H and O–H groups in total. The number of rotatable bonds is 7. The number of methoxy groups -OCH3 is 2. The lowest BCUT2D eigenvalue weighted by molar-refractivity contribution is -0.426. The Labute approximate surface area is 173 Å². The van der Waals surface area contributed by atoms with Crippen LogP contribution in [0.1, 0.15) is 13.8 Å². The Morgan fingerprint density at radius 3 is 2.69 bits per heavy atom. The molecule has 154 valence electrons. The quantitative estimate of drug-likeness (QED) is 0.684. The van der Waals surface area contributed by atoms with Crippen LogP contribution in [0.4, 0.5) is 10.5 Å². The summed E-state index contributed by atoms with van der Waals surface area (Å²) in [7, 11) is 3.03. The summed E-state index contributed by atoms with van der Waals surface area (Å²) in [4.78, 5) is 39.6. The van der Waals surface area contributed by atoms with Crippen LogP contribution in [0.15, 0.2) is 29.7 Å². The number of carbonyl (C=O) groups is 3. The summed E-state index contributed by atoms with van der Waals surface area (Å²) in [5.41, 5.74) is 0.979. The molecule has 1 unspecified atom stereocenters. The highest BCUT2D eigenvalue weighted by Crippen LogP contribution is 2.30. The topological polar surface area (TPSA) is 87.9 Å². The molecule has 2 heterocycles. The van der Waals surface area contributed by atoms with Gasteiger partial charge in [-0.25, -0.2) is 4.79 Å². The second-order valence-corrected chi connectivity index (χ2v) is 8.09. The maximum Gasteiger partial charge on any atom is 0.501 e. The number of anilines is 1. The fraction of sp³-hybridized carbons (Fsp3) is 0.400. The molecule has 4 amide bonds. The average molecular weight is 418 g/mol. The number of amides is 4. The molecule has 0 aromatic heterocycles. The zero-order valence-electron chi connectivity index (χ0n) is 16.8. The predicted molar refractivity (Wildman–Crippen MR) is 111 cm³/mol. The van der Waals surface area contributed by atoms with Crippen molar-refractivity contribution in [2.24, 2.45) is 5.92 Å². The number of nitrogens with zero attached hydrogens (tertiary/aromatic N) is 2. The molecule has 0 spiro atoms. The highest BCUT2D eigenvalue weighted by Gasteiger charge is 2.49. The maximum atomic E-state index is 13.0. The summed E-state index contributed by atoms with van der Waals surface area (Å²) >= 11 is 1.34. The zero-order chi connectivity index (χ0) is 21.1. The van der Waals surface area contributed by atoms with E-state index in [9.17, 15) is 14.4 Å². The molecule has 8 nitrogen and oxygen atoms in total. The number of thioether (sulfide) groups is 1. The van der Waals surface area contributed by atoms with Gasteiger partial charge in [0.1, 0.15) is 17.2 Å². The lowest BCUT2D eigenvalue weighted by Crippen LogP contribution is -2.57. The van der Waals surface area contributed by atoms with E-state index in [0.717, 1.165) is 0 Å². The molecule has 2 aliphatic rings. The number of allylic oxidation sites excluding steroid dienone is 1. The summed E-state index contributed by atoms with van der Waals surface area (Å²) < 4.78 is 11.8. The lowest BCUT2D eigenvalue weighted by atomic mass is 10.1. The first kappa shape index (κ1) is 20.9. The lowest BCUT2D eigenvalue weighted by Gasteiger charge is -2.25. The Hall–Kier alpha value is -2.81. The van der Waals surface area contributed by atoms with Gasteiger partial charge in [0, 0.05) is 6.07 Å². The van der Waals surface area contributed by atoms with Crippen molar-refractivity contribution in [3.05, 3.63) is 29.7 Å². The molecule has 0 bridgehead atoms. The van der Waals surface area contributed by atoms with E-state index >= 15 is 0 Å². The average Bonchev–Trinajstić information content (AvgIpc) is 3.18. The Morgan fingerprint density at radius 1 is 1.28 bits per heavy atom. The van der Waals surface area contributed by atoms with Crippen molar-refractivity contribution in [2.75, 3.05) is 32.6 Å². The van der Waals surface area contributed by atoms with E-state index < -0.39 is 17.2 Å². The van der Waals surface area contributed by atoms with E-state index in [1.807, 2.05) is 13.8 Å². The number of hydrogen-bond acceptors (Lipinski definition) is 6. The smallest absolute Gasteiger partial charge is 0.497 e. The zero-order valence-corrected chi connectivity index (χ0v) is 17.6. The summed E-state index contributed by atoms with van der Waals surface area (Å²) in [6, 6.07) is 4.57. The van der Waals surface area contributed by atoms with Gasteiger partial charge in [0.25, 0.3) is 5.91 Å². The first-order valence-corrected chi connectivity index (χ1v) is 10.1. The third-order valence-corrected chi connectivity index (χ3v) is 5.52. The molecular weight excluding hydrogens is 394 g/mol. The molecule has 0 aliphatic carbocycles. The van der Waals surface area contributed by atoms with Crippen LogP contribution in [0.3, 0.4) is 0 Å². The van der Waals surface area contributed by atoms with Crippen molar-refractivity contribution >= 4 is 41.0 Å². The number of carbonyl (C=O) groups excluding carboxylic acids is 3. The second kappa shape index (κ2) is 8.69. The van der Waals surface area contributed by atoms with Crippen molar-refractivity contribution in [1.82, 2.24) is 4.90 Å². The number of ether oxygens (including phenoxy) is 2. The number of fused-ring (bicyclic) bond motifs is 1. The Balaban J connectivity index is 1.85. The normalized spacial score (nSPS) is 18.4. The molecule has 9 heteroatoms. The summed E-state index contributed by atoms with van der Waals surface area (Å²) in [5.74, 6) is 0.525. The van der Waals surface area contributed by atoms with Gasteiger partial charge >= 0.3 is 11.9 Å². The van der Waals surface area contributed by atoms with Gasteiger partial charge in [-0.1, -0.05) is 13.8 Å². The summed E-state index contributed by atoms with van der Waals surface area (Å²) in [6.07, 6.45) is 1.72. The second-order valence-electron chi connectivity index (χ2n) is 7.07. The molecule has 0 fully saturated rings. The van der Waals surface area contributed by atoms with Crippen LogP contribution in [-0.2, 0) is 9.59 Å². The SMILES string of the molecule is COc1ccc(OC)c(NC(=O)C[N+]2=C3C=CSC3C(=O)N(CC(C)C)C2=O)c1. The molecule has 0 saturated heterocycles. The predicted octanol–water partition coefficient (Wildman–Crippen LogP) is 2.34. The van der Waals surface area contributed by atoms with Crippen molar-refractivity contribution in [3.8, 4) is 11.5 Å². The summed E-state index contributed by atoms with van der Waals surface area (Å²) in [6.45, 7) is 3.97. The van der Waals surface area contributed by atoms with Gasteiger partial charge < -0.3 is 14.8 Å². The van der Waals surface area contributed by atoms with Gasteiger partial charge in [0.05, 0.1) is 26.5 Å². The fourth-order valence-electron chi connectivity index (χ4n) is 3.19. The highest BCUT2D eigenvalue weighted by atomic mass is 32.2. The fourth-order valence-corrected chi connectivity index (χ4v) is 4.15. The molecule has 0 saturated carbocycles. The van der Waals surface area contributed by atoms with Crippen molar-refractivity contribution in [3.63, 3.8) is 0 Å². The number of hydrogen-bond donors (Lipinski definition) is 1. The molecule has 1 atom stereocenters. The maximum absolute atomic E-state index is 13.0. The Kier molecular flexibility index (Phi) is 6.26. The largest absolute Gasteiger partial charge is 0.501 e. The van der Waals surface area contributed by atoms with Gasteiger partial charge in [-0.15, -0.1) is 11.8 Å². The van der Waals surface area contributed by atoms with Crippen LogP contribution in [0, 0.1) is 5.92 Å². The molecule has 3 rings (SSSR count). The van der Waals surface area contributed by atoms with Crippen LogP contribution in [0.5, 0.6) is 11.5 Å². The standard InChI is InChI=1S/C20H23N3O5S/c1-12(2)10-23-19(25)18-15(7-8-29-18)22(20(23)26)11-17(24)21-14-9-13(27-3)5-6-16(14)28-4/h5-9,12,18H,10-11H2,1-4H3/p+1. The van der Waals surface area contributed by atoms with Gasteiger partial charge in [0.15, 0.2) is 11.8 Å². The van der Waals surface area contributed by atoms with E-state index in [2.05, 4.69) is 5.32 Å². The first-order chi connectivity index (χ1) is 13.8. The van der Waals surface area contributed by atoms with E-state index in [-0.39, 0.29) is 18.4 Å². The van der Waals surface area contributed by atoms with Crippen LogP contribution >= 0.6 is 11.8 Å². The number of nitrogens with one attached hydrogen (secondary N) is 1. The summed E-state index contributed by atoms with van der Waals surface area (Å²) in [5, 5.41) is 4.05. The van der Waals surface area contributed by atoms with Crippen molar-refractivity contribution in [2.45, 2.75) is 19.1 Å². The number of benzene rings is 1. The van der Waals surface area contributed by atoms with Crippen molar-refractivity contribution < 1.29 is 28.4 Å². The minimum Gasteiger partial charge on any atom is -0.497 e. The monoisotopic (exact) mass is 418 g/mol. The van der Waals surface area contributed by atoms with E-state index in [4.69, 9.17) is 9.47 Å². The molecule has 1 aromatic carbocycles. The molecular formula is C20H24N3O5S+. The minimum atomic E-state index is -0.495. The van der Waals surface area contributed by atoms with Crippen LogP contribution in [0.25, 0.3) is 0 Å². The molecule has 2 aliphatic heterocycles. The van der Waals surface area contributed by atoms with Crippen molar-refractivity contribution in [1.29, 1.82) is 0 Å². The van der Waals surface area contributed by atoms with E-state index in [0.29, 0.717) is 29.4 Å². The first-order valence-electron chi connectivity index (χ1n) is 9.19. The van der Waals surface area contributed by atoms with E-state index in [1.54, 1.807) is 29.7 Å². The third kappa shape index (κ3) is 4.29. The Bertz CT molecular complexity index is 909. The Morgan fingerprint density at radius 2 is 2.03 bits per heavy atom. The van der Waals surface area contributed by atoms with Gasteiger partial charge in [-0.3, -0.25) is 4.79 Å². The van der Waals surface area contributed by atoms with Gasteiger partial charge in [-0.2, -0.15) is 14.3 Å². The number of urea groups is 1. The molecule has 1 aromatic rings. The van der Waals surface area contributed by atoms with E-state index in [1.165, 1.54) is 35.5 Å². The molecule has 29 heavy (non-hydrogen) atoms. The van der Waals surface area contributed by atoms with Gasteiger partial charge in [0.2, 0.25) is 0 Å². The number of imide groups is 1. The minimum absolute atomic E-state index is 0.125. The molecule has 0 radical (unpaired) electrons.